The van der Waals surface area contributed by atoms with Gasteiger partial charge in [0, 0.05) is 11.3 Å². The molecule has 0 aliphatic heterocycles. The highest BCUT2D eigenvalue weighted by Crippen LogP contribution is 2.21. The molecule has 1 N–H and O–H groups in total. The first-order chi connectivity index (χ1) is 9.61. The van der Waals surface area contributed by atoms with E-state index in [9.17, 15) is 8.78 Å². The molecule has 4 heteroatoms. The maximum Gasteiger partial charge on any atom is 0.129 e. The molecule has 2 nitrogen and oxygen atoms in total. The third-order valence-corrected chi connectivity index (χ3v) is 3.19. The topological polar surface area (TPSA) is 24.9 Å². The minimum Gasteiger partial charge on any atom is -0.309 e. The van der Waals surface area contributed by atoms with Gasteiger partial charge in [-0.3, -0.25) is 4.98 Å². The summed E-state index contributed by atoms with van der Waals surface area (Å²) in [5, 5.41) is 3.23. The Hall–Kier alpha value is -1.81. The quantitative estimate of drug-likeness (QED) is 0.903. The number of aromatic nitrogens is 1. The van der Waals surface area contributed by atoms with Crippen LogP contribution in [0.2, 0.25) is 0 Å². The zero-order chi connectivity index (χ0) is 14.5. The van der Waals surface area contributed by atoms with Crippen LogP contribution in [0.25, 0.3) is 0 Å². The Morgan fingerprint density at radius 1 is 1.10 bits per heavy atom. The maximum absolute atomic E-state index is 13.8. The number of halogens is 2. The van der Waals surface area contributed by atoms with E-state index in [4.69, 9.17) is 0 Å². The van der Waals surface area contributed by atoms with E-state index in [0.29, 0.717) is 6.54 Å². The summed E-state index contributed by atoms with van der Waals surface area (Å²) in [6.45, 7) is 4.56. The first-order valence-corrected chi connectivity index (χ1v) is 6.71. The summed E-state index contributed by atoms with van der Waals surface area (Å²) in [4.78, 5) is 4.44. The summed E-state index contributed by atoms with van der Waals surface area (Å²) < 4.78 is 27.5. The number of hydrogen-bond acceptors (Lipinski definition) is 2. The van der Waals surface area contributed by atoms with Gasteiger partial charge in [-0.15, -0.1) is 0 Å². The van der Waals surface area contributed by atoms with Crippen molar-refractivity contribution < 1.29 is 8.78 Å². The van der Waals surface area contributed by atoms with Crippen LogP contribution in [0.5, 0.6) is 0 Å². The van der Waals surface area contributed by atoms with Crippen molar-refractivity contribution in [2.75, 3.05) is 6.54 Å². The van der Waals surface area contributed by atoms with Crippen LogP contribution in [0, 0.1) is 18.6 Å². The molecule has 1 unspecified atom stereocenters. The second-order valence-electron chi connectivity index (χ2n) is 4.72. The van der Waals surface area contributed by atoms with Crippen molar-refractivity contribution in [3.05, 3.63) is 65.0 Å². The lowest BCUT2D eigenvalue weighted by atomic mass is 10.0. The molecule has 0 aliphatic carbocycles. The highest BCUT2D eigenvalue weighted by molar-refractivity contribution is 5.23. The monoisotopic (exact) mass is 276 g/mol. The number of pyridine rings is 1. The normalized spacial score (nSPS) is 12.4. The fourth-order valence-corrected chi connectivity index (χ4v) is 2.22. The molecule has 0 aliphatic rings. The van der Waals surface area contributed by atoms with Gasteiger partial charge in [-0.1, -0.05) is 19.1 Å². The third kappa shape index (κ3) is 3.39. The van der Waals surface area contributed by atoms with Crippen molar-refractivity contribution in [1.29, 1.82) is 0 Å². The molecule has 20 heavy (non-hydrogen) atoms. The molecule has 0 radical (unpaired) electrons. The Labute approximate surface area is 117 Å². The summed E-state index contributed by atoms with van der Waals surface area (Å²) >= 11 is 0. The van der Waals surface area contributed by atoms with Crippen LogP contribution in [0.3, 0.4) is 0 Å². The van der Waals surface area contributed by atoms with Crippen molar-refractivity contribution in [1.82, 2.24) is 10.3 Å². The number of likely N-dealkylation sites (N-methyl/N-ethyl adjacent to an activating group) is 1. The molecule has 0 spiro atoms. The molecule has 1 heterocycles. The smallest absolute Gasteiger partial charge is 0.129 e. The van der Waals surface area contributed by atoms with E-state index in [1.807, 2.05) is 32.0 Å². The predicted molar refractivity (Wildman–Crippen MR) is 75.5 cm³/mol. The number of nitrogens with zero attached hydrogens (tertiary/aromatic N) is 1. The Balaban J connectivity index is 2.30. The minimum absolute atomic E-state index is 0.0988. The molecule has 1 aromatic carbocycles. The zero-order valence-electron chi connectivity index (χ0n) is 11.7. The van der Waals surface area contributed by atoms with Gasteiger partial charge in [0.1, 0.15) is 11.6 Å². The third-order valence-electron chi connectivity index (χ3n) is 3.19. The van der Waals surface area contributed by atoms with Crippen molar-refractivity contribution >= 4 is 0 Å². The Bertz CT molecular complexity index is 564. The molecule has 0 fully saturated rings. The van der Waals surface area contributed by atoms with E-state index in [1.165, 1.54) is 18.2 Å². The SMILES string of the molecule is CCNC(Cc1c(F)cccc1F)c1cccc(C)n1. The molecule has 106 valence electrons. The second kappa shape index (κ2) is 6.57. The Kier molecular flexibility index (Phi) is 4.79. The van der Waals surface area contributed by atoms with E-state index in [0.717, 1.165) is 11.4 Å². The first-order valence-electron chi connectivity index (χ1n) is 6.71. The number of rotatable bonds is 5. The lowest BCUT2D eigenvalue weighted by molar-refractivity contribution is 0.492. The average Bonchev–Trinajstić information content (AvgIpc) is 2.42. The standard InChI is InChI=1S/C16H18F2N2/c1-3-19-16(15-9-4-6-11(2)20-15)10-12-13(17)7-5-8-14(12)18/h4-9,16,19H,3,10H2,1-2H3. The van der Waals surface area contributed by atoms with E-state index in [1.54, 1.807) is 0 Å². The van der Waals surface area contributed by atoms with Gasteiger partial charge in [-0.05, 0) is 44.2 Å². The van der Waals surface area contributed by atoms with Gasteiger partial charge in [0.25, 0.3) is 0 Å². The van der Waals surface area contributed by atoms with Crippen LogP contribution in [-0.4, -0.2) is 11.5 Å². The van der Waals surface area contributed by atoms with Gasteiger partial charge in [0.05, 0.1) is 11.7 Å². The Morgan fingerprint density at radius 3 is 2.35 bits per heavy atom. The van der Waals surface area contributed by atoms with Gasteiger partial charge >= 0.3 is 0 Å². The van der Waals surface area contributed by atoms with Crippen LogP contribution in [-0.2, 0) is 6.42 Å². The maximum atomic E-state index is 13.8. The predicted octanol–water partition coefficient (Wildman–Crippen LogP) is 3.56. The number of hydrogen-bond donors (Lipinski definition) is 1. The number of nitrogens with one attached hydrogen (secondary N) is 1. The van der Waals surface area contributed by atoms with Crippen molar-refractivity contribution in [3.63, 3.8) is 0 Å². The molecule has 1 atom stereocenters. The summed E-state index contributed by atoms with van der Waals surface area (Å²) in [5.41, 5.74) is 1.79. The van der Waals surface area contributed by atoms with Crippen LogP contribution in [0.15, 0.2) is 36.4 Å². The summed E-state index contributed by atoms with van der Waals surface area (Å²) in [6, 6.07) is 9.42. The van der Waals surface area contributed by atoms with Crippen LogP contribution in [0.1, 0.15) is 29.9 Å². The van der Waals surface area contributed by atoms with Crippen molar-refractivity contribution in [3.8, 4) is 0 Å². The first kappa shape index (κ1) is 14.6. The lowest BCUT2D eigenvalue weighted by Gasteiger charge is -2.18. The summed E-state index contributed by atoms with van der Waals surface area (Å²) in [6.07, 6.45) is 0.239. The van der Waals surface area contributed by atoms with E-state index < -0.39 is 11.6 Å². The summed E-state index contributed by atoms with van der Waals surface area (Å²) in [7, 11) is 0. The summed E-state index contributed by atoms with van der Waals surface area (Å²) in [5.74, 6) is -1.03. The molecule has 2 aromatic rings. The molecular formula is C16H18F2N2. The molecule has 0 amide bonds. The van der Waals surface area contributed by atoms with Crippen LogP contribution >= 0.6 is 0 Å². The van der Waals surface area contributed by atoms with Gasteiger partial charge in [-0.25, -0.2) is 8.78 Å². The second-order valence-corrected chi connectivity index (χ2v) is 4.72. The zero-order valence-corrected chi connectivity index (χ0v) is 11.7. The molecular weight excluding hydrogens is 258 g/mol. The number of aryl methyl sites for hydroxylation is 1. The van der Waals surface area contributed by atoms with Gasteiger partial charge in [-0.2, -0.15) is 0 Å². The highest BCUT2D eigenvalue weighted by atomic mass is 19.1. The van der Waals surface area contributed by atoms with Crippen LogP contribution < -0.4 is 5.32 Å². The molecule has 0 saturated carbocycles. The van der Waals surface area contributed by atoms with E-state index in [2.05, 4.69) is 10.3 Å². The molecule has 0 bridgehead atoms. The van der Waals surface area contributed by atoms with Gasteiger partial charge in [0.15, 0.2) is 0 Å². The van der Waals surface area contributed by atoms with Crippen molar-refractivity contribution in [2.24, 2.45) is 0 Å². The minimum atomic E-state index is -0.513. The largest absolute Gasteiger partial charge is 0.309 e. The van der Waals surface area contributed by atoms with Gasteiger partial charge in [0.2, 0.25) is 0 Å². The van der Waals surface area contributed by atoms with Crippen molar-refractivity contribution in [2.45, 2.75) is 26.3 Å². The molecule has 1 aromatic heterocycles. The van der Waals surface area contributed by atoms with Gasteiger partial charge < -0.3 is 5.32 Å². The fourth-order valence-electron chi connectivity index (χ4n) is 2.22. The van der Waals surface area contributed by atoms with E-state index >= 15 is 0 Å². The highest BCUT2D eigenvalue weighted by Gasteiger charge is 2.17. The van der Waals surface area contributed by atoms with Crippen LogP contribution in [0.4, 0.5) is 8.78 Å². The average molecular weight is 276 g/mol. The molecule has 2 rings (SSSR count). The number of benzene rings is 1. The fraction of sp³-hybridized carbons (Fsp3) is 0.312. The molecule has 0 saturated heterocycles. The Morgan fingerprint density at radius 2 is 1.75 bits per heavy atom. The lowest BCUT2D eigenvalue weighted by Crippen LogP contribution is -2.25. The van der Waals surface area contributed by atoms with E-state index in [-0.39, 0.29) is 18.0 Å².